The average Bonchev–Trinajstić information content (AvgIpc) is 3.01. The lowest BCUT2D eigenvalue weighted by atomic mass is 9.98. The summed E-state index contributed by atoms with van der Waals surface area (Å²) in [4.78, 5) is 18.9. The van der Waals surface area contributed by atoms with Crippen LogP contribution in [0.25, 0.3) is 0 Å². The van der Waals surface area contributed by atoms with Crippen LogP contribution in [0.3, 0.4) is 0 Å². The van der Waals surface area contributed by atoms with Gasteiger partial charge in [0.2, 0.25) is 0 Å². The van der Waals surface area contributed by atoms with E-state index in [1.807, 2.05) is 33.0 Å². The van der Waals surface area contributed by atoms with E-state index in [4.69, 9.17) is 4.74 Å². The van der Waals surface area contributed by atoms with Gasteiger partial charge in [-0.1, -0.05) is 6.07 Å². The molecule has 5 nitrogen and oxygen atoms in total. The zero-order valence-corrected chi connectivity index (χ0v) is 15.2. The first kappa shape index (κ1) is 17.2. The summed E-state index contributed by atoms with van der Waals surface area (Å²) >= 11 is 0. The van der Waals surface area contributed by atoms with Crippen molar-refractivity contribution in [2.24, 2.45) is 11.8 Å². The van der Waals surface area contributed by atoms with Crippen LogP contribution < -0.4 is 5.32 Å². The summed E-state index contributed by atoms with van der Waals surface area (Å²) in [6, 6.07) is 4.41. The molecule has 1 amide bonds. The van der Waals surface area contributed by atoms with Gasteiger partial charge in [-0.3, -0.25) is 9.88 Å². The highest BCUT2D eigenvalue weighted by Crippen LogP contribution is 2.38. The molecule has 1 N–H and O–H groups in total. The highest BCUT2D eigenvalue weighted by Gasteiger charge is 2.43. The third-order valence-corrected chi connectivity index (χ3v) is 5.14. The van der Waals surface area contributed by atoms with Gasteiger partial charge in [0, 0.05) is 37.6 Å². The first-order valence-electron chi connectivity index (χ1n) is 8.94. The van der Waals surface area contributed by atoms with Crippen LogP contribution in [0.5, 0.6) is 0 Å². The fraction of sp³-hybridized carbons (Fsp3) is 0.684. The van der Waals surface area contributed by atoms with Crippen LogP contribution in [-0.4, -0.2) is 40.7 Å². The Labute approximate surface area is 144 Å². The van der Waals surface area contributed by atoms with Gasteiger partial charge in [0.15, 0.2) is 0 Å². The monoisotopic (exact) mass is 331 g/mol. The number of ether oxygens (including phenoxy) is 1. The van der Waals surface area contributed by atoms with Gasteiger partial charge in [-0.15, -0.1) is 0 Å². The maximum absolute atomic E-state index is 12.1. The van der Waals surface area contributed by atoms with Crippen molar-refractivity contribution < 1.29 is 9.53 Å². The minimum absolute atomic E-state index is 0.241. The van der Waals surface area contributed by atoms with Gasteiger partial charge in [0.25, 0.3) is 0 Å². The van der Waals surface area contributed by atoms with E-state index in [0.29, 0.717) is 11.8 Å². The van der Waals surface area contributed by atoms with Crippen molar-refractivity contribution in [2.75, 3.05) is 13.1 Å². The Balaban J connectivity index is 1.56. The highest BCUT2D eigenvalue weighted by molar-refractivity contribution is 5.68. The molecule has 0 unspecified atom stereocenters. The number of nitrogens with one attached hydrogen (secondary N) is 1. The number of rotatable bonds is 3. The molecule has 0 bridgehead atoms. The second-order valence-electron chi connectivity index (χ2n) is 8.20. The average molecular weight is 331 g/mol. The Bertz CT molecular complexity index is 597. The van der Waals surface area contributed by atoms with Crippen LogP contribution >= 0.6 is 0 Å². The molecule has 24 heavy (non-hydrogen) atoms. The summed E-state index contributed by atoms with van der Waals surface area (Å²) in [7, 11) is 0. The molecule has 1 aliphatic carbocycles. The smallest absolute Gasteiger partial charge is 0.407 e. The summed E-state index contributed by atoms with van der Waals surface area (Å²) < 4.78 is 5.41. The second-order valence-corrected chi connectivity index (χ2v) is 8.20. The zero-order chi connectivity index (χ0) is 17.3. The minimum Gasteiger partial charge on any atom is -0.444 e. The molecule has 1 aliphatic heterocycles. The summed E-state index contributed by atoms with van der Waals surface area (Å²) in [5.41, 5.74) is 1.97. The molecule has 1 saturated carbocycles. The minimum atomic E-state index is -0.443. The summed E-state index contributed by atoms with van der Waals surface area (Å²) in [5, 5.41) is 3.10. The molecule has 1 aromatic heterocycles. The number of hydrogen-bond acceptors (Lipinski definition) is 4. The van der Waals surface area contributed by atoms with Crippen molar-refractivity contribution in [3.8, 4) is 0 Å². The molecule has 1 aromatic rings. The van der Waals surface area contributed by atoms with Gasteiger partial charge in [-0.2, -0.15) is 0 Å². The van der Waals surface area contributed by atoms with Gasteiger partial charge in [0.05, 0.1) is 0 Å². The maximum Gasteiger partial charge on any atom is 0.407 e. The molecule has 2 fully saturated rings. The molecule has 5 heteroatoms. The van der Waals surface area contributed by atoms with Gasteiger partial charge in [-0.05, 0) is 64.0 Å². The van der Waals surface area contributed by atoms with Crippen LogP contribution in [0.4, 0.5) is 4.79 Å². The maximum atomic E-state index is 12.1. The van der Waals surface area contributed by atoms with Gasteiger partial charge in [-0.25, -0.2) is 4.79 Å². The molecule has 0 aromatic carbocycles. The van der Waals surface area contributed by atoms with E-state index in [1.54, 1.807) is 0 Å². The van der Waals surface area contributed by atoms with Crippen molar-refractivity contribution >= 4 is 6.09 Å². The molecule has 3 atom stereocenters. The Morgan fingerprint density at radius 2 is 2.17 bits per heavy atom. The zero-order valence-electron chi connectivity index (χ0n) is 15.2. The largest absolute Gasteiger partial charge is 0.444 e. The first-order chi connectivity index (χ1) is 11.3. The van der Waals surface area contributed by atoms with E-state index in [2.05, 4.69) is 28.2 Å². The first-order valence-corrected chi connectivity index (χ1v) is 8.94. The van der Waals surface area contributed by atoms with Crippen LogP contribution in [0.2, 0.25) is 0 Å². The quantitative estimate of drug-likeness (QED) is 0.924. The Morgan fingerprint density at radius 1 is 1.38 bits per heavy atom. The number of fused-ring (bicyclic) bond motifs is 1. The Morgan fingerprint density at radius 3 is 2.88 bits per heavy atom. The lowest BCUT2D eigenvalue weighted by molar-refractivity contribution is 0.0491. The number of aromatic nitrogens is 1. The normalized spacial score (nSPS) is 27.1. The van der Waals surface area contributed by atoms with Crippen molar-refractivity contribution in [3.63, 3.8) is 0 Å². The highest BCUT2D eigenvalue weighted by atomic mass is 16.6. The number of likely N-dealkylation sites (tertiary alicyclic amines) is 1. The van der Waals surface area contributed by atoms with Crippen LogP contribution in [0.15, 0.2) is 18.3 Å². The third kappa shape index (κ3) is 4.07. The van der Waals surface area contributed by atoms with Gasteiger partial charge < -0.3 is 10.1 Å². The number of alkyl carbamates (subject to hydrolysis) is 1. The van der Waals surface area contributed by atoms with Crippen molar-refractivity contribution in [2.45, 2.75) is 58.7 Å². The number of hydrogen-bond donors (Lipinski definition) is 1. The predicted molar refractivity (Wildman–Crippen MR) is 93.6 cm³/mol. The fourth-order valence-electron chi connectivity index (χ4n) is 4.05. The summed E-state index contributed by atoms with van der Waals surface area (Å²) in [5.74, 6) is 1.22. The SMILES string of the molecule is Cc1ncccc1CN1C[C@@H]2CC[C@H](NC(=O)OC(C)(C)C)[C@H]2C1. The number of aryl methyl sites for hydroxylation is 1. The molecular formula is C19H29N3O2. The van der Waals surface area contributed by atoms with E-state index in [-0.39, 0.29) is 12.1 Å². The van der Waals surface area contributed by atoms with E-state index in [1.165, 1.54) is 12.0 Å². The van der Waals surface area contributed by atoms with Crippen LogP contribution in [0, 0.1) is 18.8 Å². The number of nitrogens with zero attached hydrogens (tertiary/aromatic N) is 2. The van der Waals surface area contributed by atoms with Crippen molar-refractivity contribution in [1.82, 2.24) is 15.2 Å². The molecular weight excluding hydrogens is 302 g/mol. The van der Waals surface area contributed by atoms with E-state index in [0.717, 1.165) is 31.7 Å². The molecule has 2 heterocycles. The Hall–Kier alpha value is -1.62. The second kappa shape index (κ2) is 6.71. The predicted octanol–water partition coefficient (Wildman–Crippen LogP) is 3.13. The molecule has 2 aliphatic rings. The van der Waals surface area contributed by atoms with Gasteiger partial charge >= 0.3 is 6.09 Å². The molecule has 0 spiro atoms. The van der Waals surface area contributed by atoms with Crippen molar-refractivity contribution in [1.29, 1.82) is 0 Å². The van der Waals surface area contributed by atoms with Crippen molar-refractivity contribution in [3.05, 3.63) is 29.6 Å². The Kier molecular flexibility index (Phi) is 4.81. The number of carbonyl (C=O) groups is 1. The van der Waals surface area contributed by atoms with E-state index >= 15 is 0 Å². The van der Waals surface area contributed by atoms with E-state index in [9.17, 15) is 4.79 Å². The fourth-order valence-corrected chi connectivity index (χ4v) is 4.05. The van der Waals surface area contributed by atoms with Crippen LogP contribution in [0.1, 0.15) is 44.9 Å². The lowest BCUT2D eigenvalue weighted by Gasteiger charge is -2.25. The summed E-state index contributed by atoms with van der Waals surface area (Å²) in [6.45, 7) is 10.9. The van der Waals surface area contributed by atoms with Crippen LogP contribution in [-0.2, 0) is 11.3 Å². The van der Waals surface area contributed by atoms with Gasteiger partial charge in [0.1, 0.15) is 5.60 Å². The molecule has 3 rings (SSSR count). The van der Waals surface area contributed by atoms with E-state index < -0.39 is 5.60 Å². The molecule has 132 valence electrons. The number of amides is 1. The topological polar surface area (TPSA) is 54.5 Å². The molecule has 0 radical (unpaired) electrons. The molecule has 1 saturated heterocycles. The third-order valence-electron chi connectivity index (χ3n) is 5.14. The lowest BCUT2D eigenvalue weighted by Crippen LogP contribution is -2.42. The standard InChI is InChI=1S/C19H29N3O2/c1-13-14(6-5-9-20-13)10-22-11-15-7-8-17(16(15)12-22)21-18(23)24-19(2,3)4/h5-6,9,15-17H,7-8,10-12H2,1-4H3,(H,21,23)/t15-,16-,17-/m0/s1. The number of carbonyl (C=O) groups excluding carboxylic acids is 1. The summed E-state index contributed by atoms with van der Waals surface area (Å²) in [6.07, 6.45) is 3.81. The number of pyridine rings is 1.